The van der Waals surface area contributed by atoms with E-state index in [-0.39, 0.29) is 13.0 Å². The Bertz CT molecular complexity index is 798. The lowest BCUT2D eigenvalue weighted by atomic mass is 10.0. The number of carboxylic acids is 2. The Morgan fingerprint density at radius 1 is 1.24 bits per heavy atom. The molecule has 2 N–H and O–H groups in total. The van der Waals surface area contributed by atoms with Gasteiger partial charge in [-0.3, -0.25) is 14.5 Å². The average molecular weight is 350 g/mol. The monoisotopic (exact) mass is 350 g/mol. The van der Waals surface area contributed by atoms with Crippen molar-refractivity contribution in [2.24, 2.45) is 0 Å². The molecule has 1 atom stereocenters. The fourth-order valence-electron chi connectivity index (χ4n) is 3.23. The lowest BCUT2D eigenvalue weighted by molar-refractivity contribution is -0.145. The van der Waals surface area contributed by atoms with Gasteiger partial charge >= 0.3 is 11.9 Å². The Labute approximate surface area is 143 Å². The summed E-state index contributed by atoms with van der Waals surface area (Å²) in [5, 5.41) is 19.3. The molecule has 1 aliphatic heterocycles. The van der Waals surface area contributed by atoms with Crippen LogP contribution in [0.4, 0.5) is 4.39 Å². The molecule has 8 heteroatoms. The number of hydrogen-bond acceptors (Lipinski definition) is 4. The predicted octanol–water partition coefficient (Wildman–Crippen LogP) is 1.71. The number of nitrogens with zero attached hydrogens (tertiary/aromatic N) is 2. The zero-order valence-electron chi connectivity index (χ0n) is 13.5. The number of aromatic nitrogens is 1. The molecule has 0 bridgehead atoms. The fourth-order valence-corrected chi connectivity index (χ4v) is 3.23. The second-order valence-electron chi connectivity index (χ2n) is 5.97. The van der Waals surface area contributed by atoms with E-state index >= 15 is 0 Å². The molecule has 0 aliphatic carbocycles. The van der Waals surface area contributed by atoms with E-state index in [0.29, 0.717) is 42.8 Å². The van der Waals surface area contributed by atoms with Crippen LogP contribution in [0.15, 0.2) is 24.4 Å². The summed E-state index contributed by atoms with van der Waals surface area (Å²) in [6.45, 7) is 2.02. The standard InChI is InChI=1S/C17H19FN2O5/c18-11-1-2-12-13(10-20(14(12)9-11)4-3-15(21)22)16(17(23)24)19-5-7-25-8-6-19/h1-2,9-10,16H,3-8H2,(H,21,22)(H,23,24). The third-order valence-corrected chi connectivity index (χ3v) is 4.38. The van der Waals surface area contributed by atoms with Crippen molar-refractivity contribution < 1.29 is 28.9 Å². The van der Waals surface area contributed by atoms with Crippen LogP contribution in [0.1, 0.15) is 18.0 Å². The lowest BCUT2D eigenvalue weighted by Crippen LogP contribution is -2.42. The highest BCUT2D eigenvalue weighted by Gasteiger charge is 2.31. The molecule has 1 unspecified atom stereocenters. The smallest absolute Gasteiger partial charge is 0.325 e. The number of carboxylic acid groups (broad SMARTS) is 2. The van der Waals surface area contributed by atoms with E-state index in [1.807, 2.05) is 4.90 Å². The van der Waals surface area contributed by atoms with Crippen molar-refractivity contribution in [1.82, 2.24) is 9.47 Å². The van der Waals surface area contributed by atoms with Crippen LogP contribution in [0, 0.1) is 5.82 Å². The van der Waals surface area contributed by atoms with Gasteiger partial charge in [-0.25, -0.2) is 4.39 Å². The first-order chi connectivity index (χ1) is 12.0. The number of aryl methyl sites for hydroxylation is 1. The largest absolute Gasteiger partial charge is 0.481 e. The zero-order valence-corrected chi connectivity index (χ0v) is 13.5. The highest BCUT2D eigenvalue weighted by atomic mass is 19.1. The molecule has 1 aromatic heterocycles. The second kappa shape index (κ2) is 7.20. The van der Waals surface area contributed by atoms with E-state index in [0.717, 1.165) is 0 Å². The van der Waals surface area contributed by atoms with Gasteiger partial charge in [0.25, 0.3) is 0 Å². The van der Waals surface area contributed by atoms with E-state index in [4.69, 9.17) is 9.84 Å². The number of benzene rings is 1. The normalized spacial score (nSPS) is 16.8. The first-order valence-corrected chi connectivity index (χ1v) is 8.02. The molecule has 7 nitrogen and oxygen atoms in total. The van der Waals surface area contributed by atoms with Gasteiger partial charge in [-0.05, 0) is 18.2 Å². The molecule has 1 fully saturated rings. The summed E-state index contributed by atoms with van der Waals surface area (Å²) in [4.78, 5) is 24.6. The third-order valence-electron chi connectivity index (χ3n) is 4.38. The molecule has 3 rings (SSSR count). The number of ether oxygens (including phenoxy) is 1. The molecule has 0 radical (unpaired) electrons. The van der Waals surface area contributed by atoms with Gasteiger partial charge in [-0.2, -0.15) is 0 Å². The van der Waals surface area contributed by atoms with Crippen LogP contribution in [-0.2, 0) is 20.9 Å². The Morgan fingerprint density at radius 2 is 1.96 bits per heavy atom. The number of rotatable bonds is 6. The van der Waals surface area contributed by atoms with Crippen LogP contribution in [0.3, 0.4) is 0 Å². The topological polar surface area (TPSA) is 92.0 Å². The van der Waals surface area contributed by atoms with Crippen molar-refractivity contribution in [3.8, 4) is 0 Å². The molecule has 1 saturated heterocycles. The molecule has 2 heterocycles. The van der Waals surface area contributed by atoms with Gasteiger partial charge < -0.3 is 19.5 Å². The van der Waals surface area contributed by atoms with E-state index < -0.39 is 23.8 Å². The summed E-state index contributed by atoms with van der Waals surface area (Å²) in [5.41, 5.74) is 1.03. The average Bonchev–Trinajstić information content (AvgIpc) is 2.91. The van der Waals surface area contributed by atoms with Crippen LogP contribution in [0.5, 0.6) is 0 Å². The van der Waals surface area contributed by atoms with E-state index in [1.165, 1.54) is 12.1 Å². The van der Waals surface area contributed by atoms with Crippen LogP contribution in [0.2, 0.25) is 0 Å². The highest BCUT2D eigenvalue weighted by molar-refractivity contribution is 5.90. The first-order valence-electron chi connectivity index (χ1n) is 8.02. The predicted molar refractivity (Wildman–Crippen MR) is 86.9 cm³/mol. The summed E-state index contributed by atoms with van der Waals surface area (Å²) >= 11 is 0. The number of carbonyl (C=O) groups is 2. The third kappa shape index (κ3) is 3.64. The molecule has 1 aromatic carbocycles. The molecule has 0 spiro atoms. The summed E-state index contributed by atoms with van der Waals surface area (Å²) in [7, 11) is 0. The number of hydrogen-bond donors (Lipinski definition) is 2. The number of morpholine rings is 1. The lowest BCUT2D eigenvalue weighted by Gasteiger charge is -2.31. The van der Waals surface area contributed by atoms with Gasteiger partial charge in [-0.1, -0.05) is 0 Å². The quantitative estimate of drug-likeness (QED) is 0.824. The Kier molecular flexibility index (Phi) is 5.00. The molecular formula is C17H19FN2O5. The summed E-state index contributed by atoms with van der Waals surface area (Å²) in [5.74, 6) is -2.42. The van der Waals surface area contributed by atoms with Crippen molar-refractivity contribution in [2.75, 3.05) is 26.3 Å². The molecule has 2 aromatic rings. The maximum Gasteiger partial charge on any atom is 0.325 e. The van der Waals surface area contributed by atoms with Crippen molar-refractivity contribution in [2.45, 2.75) is 19.0 Å². The van der Waals surface area contributed by atoms with Gasteiger partial charge in [0.05, 0.1) is 25.2 Å². The van der Waals surface area contributed by atoms with Crippen molar-refractivity contribution in [3.63, 3.8) is 0 Å². The molecule has 134 valence electrons. The molecular weight excluding hydrogens is 331 g/mol. The van der Waals surface area contributed by atoms with Crippen LogP contribution in [0.25, 0.3) is 10.9 Å². The summed E-state index contributed by atoms with van der Waals surface area (Å²) in [6.07, 6.45) is 1.50. The van der Waals surface area contributed by atoms with E-state index in [2.05, 4.69) is 0 Å². The summed E-state index contributed by atoms with van der Waals surface area (Å²) in [6, 6.07) is 3.25. The Hall–Kier alpha value is -2.45. The van der Waals surface area contributed by atoms with Crippen molar-refractivity contribution >= 4 is 22.8 Å². The van der Waals surface area contributed by atoms with Crippen molar-refractivity contribution in [1.29, 1.82) is 0 Å². The maximum atomic E-state index is 13.7. The number of halogens is 1. The van der Waals surface area contributed by atoms with E-state index in [1.54, 1.807) is 16.8 Å². The van der Waals surface area contributed by atoms with Gasteiger partial charge in [-0.15, -0.1) is 0 Å². The minimum Gasteiger partial charge on any atom is -0.481 e. The fraction of sp³-hybridized carbons (Fsp3) is 0.412. The molecule has 0 amide bonds. The summed E-state index contributed by atoms with van der Waals surface area (Å²) < 4.78 is 20.6. The minimum atomic E-state index is -0.997. The minimum absolute atomic E-state index is 0.130. The molecule has 0 saturated carbocycles. The van der Waals surface area contributed by atoms with E-state index in [9.17, 15) is 19.1 Å². The molecule has 1 aliphatic rings. The SMILES string of the molecule is O=C(O)CCn1cc(C(C(=O)O)N2CCOCC2)c2ccc(F)cc21. The van der Waals surface area contributed by atoms with Crippen molar-refractivity contribution in [3.05, 3.63) is 35.8 Å². The van der Waals surface area contributed by atoms with Gasteiger partial charge in [0.15, 0.2) is 0 Å². The van der Waals surface area contributed by atoms with Gasteiger partial charge in [0.1, 0.15) is 11.9 Å². The second-order valence-corrected chi connectivity index (χ2v) is 5.97. The van der Waals surface area contributed by atoms with Crippen LogP contribution < -0.4 is 0 Å². The molecule has 25 heavy (non-hydrogen) atoms. The van der Waals surface area contributed by atoms with Crippen LogP contribution in [-0.4, -0.2) is 57.9 Å². The van der Waals surface area contributed by atoms with Gasteiger partial charge in [0.2, 0.25) is 0 Å². The number of fused-ring (bicyclic) bond motifs is 1. The first kappa shape index (κ1) is 17.4. The zero-order chi connectivity index (χ0) is 18.0. The van der Waals surface area contributed by atoms with Gasteiger partial charge in [0, 0.05) is 36.8 Å². The highest BCUT2D eigenvalue weighted by Crippen LogP contribution is 2.31. The Morgan fingerprint density at radius 3 is 2.60 bits per heavy atom. The Balaban J connectivity index is 2.06. The maximum absolute atomic E-state index is 13.7. The van der Waals surface area contributed by atoms with Crippen LogP contribution >= 0.6 is 0 Å². The number of aliphatic carboxylic acids is 2.